The van der Waals surface area contributed by atoms with E-state index in [4.69, 9.17) is 11.6 Å². The molecule has 1 aliphatic rings. The average Bonchev–Trinajstić information content (AvgIpc) is 3.02. The quantitative estimate of drug-likeness (QED) is 0.620. The van der Waals surface area contributed by atoms with Gasteiger partial charge in [-0.1, -0.05) is 29.8 Å². The van der Waals surface area contributed by atoms with Crippen LogP contribution < -0.4 is 10.6 Å². The first-order chi connectivity index (χ1) is 13.1. The molecule has 0 atom stereocenters. The van der Waals surface area contributed by atoms with E-state index in [1.165, 1.54) is 11.3 Å². The van der Waals surface area contributed by atoms with E-state index in [1.54, 1.807) is 30.0 Å². The van der Waals surface area contributed by atoms with E-state index in [0.29, 0.717) is 33.5 Å². The lowest BCUT2D eigenvalue weighted by atomic mass is 10.2. The first-order valence-electron chi connectivity index (χ1n) is 8.18. The third kappa shape index (κ3) is 4.00. The molecule has 0 spiro atoms. The number of thiazole rings is 1. The van der Waals surface area contributed by atoms with Gasteiger partial charge in [0, 0.05) is 38.6 Å². The molecule has 1 aliphatic heterocycles. The number of carbonyl (C=O) groups is 2. The largest absolute Gasteiger partial charge is 0.325 e. The Morgan fingerprint density at radius 1 is 1.22 bits per heavy atom. The van der Waals surface area contributed by atoms with Crippen LogP contribution in [0.3, 0.4) is 0 Å². The number of amides is 2. The molecule has 5 nitrogen and oxygen atoms in total. The third-order valence-corrected chi connectivity index (χ3v) is 6.14. The number of carbonyl (C=O) groups excluding carboxylic acids is 2. The number of benzene rings is 2. The van der Waals surface area contributed by atoms with Crippen LogP contribution in [0.5, 0.6) is 0 Å². The highest BCUT2D eigenvalue weighted by atomic mass is 35.5. The molecule has 0 aliphatic carbocycles. The summed E-state index contributed by atoms with van der Waals surface area (Å²) in [5, 5.41) is 8.61. The van der Waals surface area contributed by atoms with Crippen LogP contribution in [-0.2, 0) is 4.79 Å². The van der Waals surface area contributed by atoms with Gasteiger partial charge in [-0.3, -0.25) is 14.9 Å². The third-order valence-electron chi connectivity index (χ3n) is 3.98. The van der Waals surface area contributed by atoms with E-state index in [2.05, 4.69) is 15.6 Å². The minimum atomic E-state index is -0.277. The molecule has 136 valence electrons. The van der Waals surface area contributed by atoms with Crippen LogP contribution in [0, 0.1) is 0 Å². The number of anilines is 2. The maximum atomic E-state index is 12.6. The molecular formula is C19H14ClN3O2S2. The van der Waals surface area contributed by atoms with Crippen molar-refractivity contribution < 1.29 is 9.59 Å². The SMILES string of the molecule is O=C1CCSc2ccc(C(=O)Nc3nc(-c4ccccc4Cl)cs3)cc2N1. The number of halogens is 1. The van der Waals surface area contributed by atoms with Gasteiger partial charge in [-0.15, -0.1) is 23.1 Å². The standard InChI is InChI=1S/C19H14ClN3O2S2/c20-13-4-2-1-3-12(13)15-10-27-19(22-15)23-18(25)11-5-6-16-14(9-11)21-17(24)7-8-26-16/h1-6,9-10H,7-8H2,(H,21,24)(H,22,23,25). The second kappa shape index (κ2) is 7.72. The van der Waals surface area contributed by atoms with Crippen molar-refractivity contribution in [3.8, 4) is 11.3 Å². The molecule has 2 N–H and O–H groups in total. The number of hydrogen-bond donors (Lipinski definition) is 2. The van der Waals surface area contributed by atoms with Gasteiger partial charge in [-0.2, -0.15) is 0 Å². The van der Waals surface area contributed by atoms with Gasteiger partial charge in [0.05, 0.1) is 11.4 Å². The van der Waals surface area contributed by atoms with Crippen molar-refractivity contribution >= 4 is 57.3 Å². The minimum Gasteiger partial charge on any atom is -0.325 e. The summed E-state index contributed by atoms with van der Waals surface area (Å²) in [7, 11) is 0. The highest BCUT2D eigenvalue weighted by molar-refractivity contribution is 7.99. The van der Waals surface area contributed by atoms with E-state index in [0.717, 1.165) is 16.2 Å². The summed E-state index contributed by atoms with van der Waals surface area (Å²) >= 11 is 9.14. The van der Waals surface area contributed by atoms with Gasteiger partial charge in [0.25, 0.3) is 5.91 Å². The normalized spacial score (nSPS) is 13.4. The number of fused-ring (bicyclic) bond motifs is 1. The maximum absolute atomic E-state index is 12.6. The van der Waals surface area contributed by atoms with Crippen molar-refractivity contribution in [3.63, 3.8) is 0 Å². The lowest BCUT2D eigenvalue weighted by molar-refractivity contribution is -0.115. The van der Waals surface area contributed by atoms with E-state index >= 15 is 0 Å². The molecule has 4 rings (SSSR count). The van der Waals surface area contributed by atoms with Crippen LogP contribution in [0.4, 0.5) is 10.8 Å². The van der Waals surface area contributed by atoms with Crippen LogP contribution in [0.2, 0.25) is 5.02 Å². The zero-order chi connectivity index (χ0) is 18.8. The van der Waals surface area contributed by atoms with Crippen molar-refractivity contribution in [1.82, 2.24) is 4.98 Å². The van der Waals surface area contributed by atoms with Crippen LogP contribution in [0.25, 0.3) is 11.3 Å². The Morgan fingerprint density at radius 2 is 2.07 bits per heavy atom. The van der Waals surface area contributed by atoms with Crippen LogP contribution in [0.15, 0.2) is 52.7 Å². The van der Waals surface area contributed by atoms with Crippen molar-refractivity contribution in [2.45, 2.75) is 11.3 Å². The minimum absolute atomic E-state index is 0.0388. The Hall–Kier alpha value is -2.35. The molecule has 2 heterocycles. The second-order valence-electron chi connectivity index (χ2n) is 5.83. The van der Waals surface area contributed by atoms with Crippen molar-refractivity contribution in [1.29, 1.82) is 0 Å². The predicted molar refractivity (Wildman–Crippen MR) is 111 cm³/mol. The van der Waals surface area contributed by atoms with E-state index in [-0.39, 0.29) is 11.8 Å². The summed E-state index contributed by atoms with van der Waals surface area (Å²) in [5.74, 6) is 0.415. The fraction of sp³-hybridized carbons (Fsp3) is 0.105. The fourth-order valence-corrected chi connectivity index (χ4v) is 4.53. The van der Waals surface area contributed by atoms with Crippen LogP contribution >= 0.6 is 34.7 Å². The molecule has 0 fully saturated rings. The van der Waals surface area contributed by atoms with Crippen LogP contribution in [0.1, 0.15) is 16.8 Å². The van der Waals surface area contributed by atoms with Gasteiger partial charge in [0.1, 0.15) is 0 Å². The molecule has 2 aromatic carbocycles. The number of hydrogen-bond acceptors (Lipinski definition) is 5. The number of rotatable bonds is 3. The fourth-order valence-electron chi connectivity index (χ4n) is 2.65. The van der Waals surface area contributed by atoms with Gasteiger partial charge in [0.2, 0.25) is 5.91 Å². The monoisotopic (exact) mass is 415 g/mol. The highest BCUT2D eigenvalue weighted by Crippen LogP contribution is 2.33. The molecule has 1 aromatic heterocycles. The molecule has 0 unspecified atom stereocenters. The predicted octanol–water partition coefficient (Wildman–Crippen LogP) is 5.15. The number of nitrogens with zero attached hydrogens (tertiary/aromatic N) is 1. The first kappa shape index (κ1) is 18.0. The van der Waals surface area contributed by atoms with Crippen molar-refractivity contribution in [3.05, 3.63) is 58.4 Å². The molecule has 0 saturated heterocycles. The Morgan fingerprint density at radius 3 is 2.93 bits per heavy atom. The lowest BCUT2D eigenvalue weighted by Gasteiger charge is -2.08. The van der Waals surface area contributed by atoms with Gasteiger partial charge in [0.15, 0.2) is 5.13 Å². The molecule has 0 bridgehead atoms. The topological polar surface area (TPSA) is 71.1 Å². The molecule has 0 radical (unpaired) electrons. The summed E-state index contributed by atoms with van der Waals surface area (Å²) in [6.45, 7) is 0. The molecular weight excluding hydrogens is 402 g/mol. The maximum Gasteiger partial charge on any atom is 0.257 e. The number of aromatic nitrogens is 1. The van der Waals surface area contributed by atoms with Crippen molar-refractivity contribution in [2.24, 2.45) is 0 Å². The molecule has 27 heavy (non-hydrogen) atoms. The summed E-state index contributed by atoms with van der Waals surface area (Å²) < 4.78 is 0. The second-order valence-corrected chi connectivity index (χ2v) is 8.23. The van der Waals surface area contributed by atoms with Gasteiger partial charge in [-0.25, -0.2) is 4.98 Å². The van der Waals surface area contributed by atoms with Gasteiger partial charge >= 0.3 is 0 Å². The van der Waals surface area contributed by atoms with E-state index < -0.39 is 0 Å². The van der Waals surface area contributed by atoms with Crippen LogP contribution in [-0.4, -0.2) is 22.6 Å². The summed E-state index contributed by atoms with van der Waals surface area (Å²) in [6.07, 6.45) is 0.463. The number of nitrogens with one attached hydrogen (secondary N) is 2. The van der Waals surface area contributed by atoms with Gasteiger partial charge in [-0.05, 0) is 24.3 Å². The first-order valence-corrected chi connectivity index (χ1v) is 10.4. The Balaban J connectivity index is 1.53. The Labute approximate surface area is 169 Å². The smallest absolute Gasteiger partial charge is 0.257 e. The van der Waals surface area contributed by atoms with E-state index in [1.807, 2.05) is 29.6 Å². The lowest BCUT2D eigenvalue weighted by Crippen LogP contribution is -2.14. The summed E-state index contributed by atoms with van der Waals surface area (Å²) in [4.78, 5) is 29.7. The molecule has 8 heteroatoms. The van der Waals surface area contributed by atoms with E-state index in [9.17, 15) is 9.59 Å². The molecule has 2 amide bonds. The van der Waals surface area contributed by atoms with Crippen molar-refractivity contribution in [2.75, 3.05) is 16.4 Å². The highest BCUT2D eigenvalue weighted by Gasteiger charge is 2.17. The molecule has 3 aromatic rings. The Bertz CT molecular complexity index is 1040. The zero-order valence-corrected chi connectivity index (χ0v) is 16.4. The average molecular weight is 416 g/mol. The van der Waals surface area contributed by atoms with Gasteiger partial charge < -0.3 is 5.32 Å². The molecule has 0 saturated carbocycles. The zero-order valence-electron chi connectivity index (χ0n) is 14.0. The summed E-state index contributed by atoms with van der Waals surface area (Å²) in [6, 6.07) is 12.7. The number of thioether (sulfide) groups is 1. The Kier molecular flexibility index (Phi) is 5.15. The summed E-state index contributed by atoms with van der Waals surface area (Å²) in [5.41, 5.74) is 2.67.